The van der Waals surface area contributed by atoms with Crippen molar-refractivity contribution in [1.29, 1.82) is 5.26 Å². The van der Waals surface area contributed by atoms with Crippen molar-refractivity contribution in [3.63, 3.8) is 0 Å². The van der Waals surface area contributed by atoms with E-state index in [1.165, 1.54) is 16.4 Å². The molecule has 2 aliphatic heterocycles. The number of benzene rings is 1. The van der Waals surface area contributed by atoms with Gasteiger partial charge in [-0.15, -0.1) is 0 Å². The van der Waals surface area contributed by atoms with Crippen molar-refractivity contribution >= 4 is 15.9 Å². The van der Waals surface area contributed by atoms with E-state index in [2.05, 4.69) is 13.8 Å². The third kappa shape index (κ3) is 4.63. The van der Waals surface area contributed by atoms with Gasteiger partial charge in [0.05, 0.1) is 36.6 Å². The largest absolute Gasteiger partial charge is 0.337 e. The zero-order valence-electron chi connectivity index (χ0n) is 17.5. The van der Waals surface area contributed by atoms with Crippen LogP contribution in [0.1, 0.15) is 32.8 Å². The number of amides is 1. The molecule has 2 fully saturated rings. The van der Waals surface area contributed by atoms with Crippen molar-refractivity contribution in [2.45, 2.75) is 38.1 Å². The first kappa shape index (κ1) is 21.8. The summed E-state index contributed by atoms with van der Waals surface area (Å²) < 4.78 is 27.4. The van der Waals surface area contributed by atoms with Crippen LogP contribution >= 0.6 is 0 Å². The predicted molar refractivity (Wildman–Crippen MR) is 110 cm³/mol. The molecule has 29 heavy (non-hydrogen) atoms. The van der Waals surface area contributed by atoms with E-state index < -0.39 is 10.0 Å². The lowest BCUT2D eigenvalue weighted by Crippen LogP contribution is -3.19. The lowest BCUT2D eigenvalue weighted by Gasteiger charge is -2.39. The van der Waals surface area contributed by atoms with Crippen molar-refractivity contribution < 1.29 is 18.1 Å². The standard InChI is InChI=1S/C21H30N4O3S/c1-16-12-17(2)15-24(14-16)21(26)18(3)23-8-10-25(11-9-23)29(27,28)20-7-5-4-6-19(20)13-22/h4-7,16-18H,8-12,14-15H2,1-3H3/p+1/t16-,17-,18+/m0/s1. The van der Waals surface area contributed by atoms with E-state index in [9.17, 15) is 18.5 Å². The highest BCUT2D eigenvalue weighted by molar-refractivity contribution is 7.89. The number of likely N-dealkylation sites (tertiary alicyclic amines) is 1. The van der Waals surface area contributed by atoms with Gasteiger partial charge in [0.2, 0.25) is 10.0 Å². The molecule has 0 aliphatic carbocycles. The zero-order valence-corrected chi connectivity index (χ0v) is 18.3. The van der Waals surface area contributed by atoms with Crippen LogP contribution in [0.3, 0.4) is 0 Å². The number of piperazine rings is 1. The lowest BCUT2D eigenvalue weighted by atomic mass is 9.91. The second-order valence-electron chi connectivity index (χ2n) is 8.58. The molecule has 158 valence electrons. The third-order valence-electron chi connectivity index (χ3n) is 6.15. The summed E-state index contributed by atoms with van der Waals surface area (Å²) >= 11 is 0. The van der Waals surface area contributed by atoms with Crippen molar-refractivity contribution in [3.05, 3.63) is 29.8 Å². The van der Waals surface area contributed by atoms with Crippen molar-refractivity contribution in [3.8, 4) is 6.07 Å². The summed E-state index contributed by atoms with van der Waals surface area (Å²) in [7, 11) is -3.71. The monoisotopic (exact) mass is 419 g/mol. The number of rotatable bonds is 4. The summed E-state index contributed by atoms with van der Waals surface area (Å²) in [5, 5.41) is 9.24. The fourth-order valence-electron chi connectivity index (χ4n) is 4.66. The minimum absolute atomic E-state index is 0.0615. The van der Waals surface area contributed by atoms with Crippen molar-refractivity contribution in [2.24, 2.45) is 11.8 Å². The van der Waals surface area contributed by atoms with Gasteiger partial charge in [0.15, 0.2) is 6.04 Å². The molecular formula is C21H31N4O3S+. The van der Waals surface area contributed by atoms with Crippen LogP contribution in [0.5, 0.6) is 0 Å². The molecule has 3 rings (SSSR count). The molecule has 1 N–H and O–H groups in total. The smallest absolute Gasteiger partial charge is 0.280 e. The number of carbonyl (C=O) groups excluding carboxylic acids is 1. The summed E-state index contributed by atoms with van der Waals surface area (Å²) in [5.74, 6) is 1.21. The average molecular weight is 420 g/mol. The minimum atomic E-state index is -3.71. The number of hydrogen-bond donors (Lipinski definition) is 1. The van der Waals surface area contributed by atoms with Gasteiger partial charge < -0.3 is 9.80 Å². The molecule has 1 amide bonds. The first-order chi connectivity index (χ1) is 13.7. The number of sulfonamides is 1. The van der Waals surface area contributed by atoms with Gasteiger partial charge in [-0.1, -0.05) is 26.0 Å². The number of quaternary nitrogens is 1. The van der Waals surface area contributed by atoms with E-state index in [0.29, 0.717) is 38.0 Å². The lowest BCUT2D eigenvalue weighted by molar-refractivity contribution is -0.918. The molecule has 0 saturated carbocycles. The molecule has 8 heteroatoms. The molecule has 0 spiro atoms. The fourth-order valence-corrected chi connectivity index (χ4v) is 6.24. The van der Waals surface area contributed by atoms with Crippen LogP contribution in [-0.2, 0) is 14.8 Å². The van der Waals surface area contributed by atoms with Gasteiger partial charge in [-0.2, -0.15) is 9.57 Å². The average Bonchev–Trinajstić information content (AvgIpc) is 2.72. The Morgan fingerprint density at radius 1 is 1.17 bits per heavy atom. The molecule has 1 aromatic carbocycles. The van der Waals surface area contributed by atoms with Gasteiger partial charge in [0.1, 0.15) is 6.07 Å². The molecule has 2 heterocycles. The van der Waals surface area contributed by atoms with Gasteiger partial charge in [0.25, 0.3) is 5.91 Å². The van der Waals surface area contributed by atoms with Gasteiger partial charge in [-0.3, -0.25) is 4.79 Å². The second-order valence-corrected chi connectivity index (χ2v) is 10.5. The summed E-state index contributed by atoms with van der Waals surface area (Å²) in [6.45, 7) is 9.82. The van der Waals surface area contributed by atoms with Crippen molar-refractivity contribution in [2.75, 3.05) is 39.3 Å². The summed E-state index contributed by atoms with van der Waals surface area (Å²) in [6, 6.07) is 8.09. The minimum Gasteiger partial charge on any atom is -0.337 e. The van der Waals surface area contributed by atoms with E-state index in [-0.39, 0.29) is 22.4 Å². The Kier molecular flexibility index (Phi) is 6.62. The van der Waals surface area contributed by atoms with Gasteiger partial charge in [0, 0.05) is 13.1 Å². The first-order valence-electron chi connectivity index (χ1n) is 10.4. The molecule has 2 aliphatic rings. The van der Waals surface area contributed by atoms with Gasteiger partial charge >= 0.3 is 0 Å². The van der Waals surface area contributed by atoms with E-state index in [1.54, 1.807) is 12.1 Å². The quantitative estimate of drug-likeness (QED) is 0.763. The highest BCUT2D eigenvalue weighted by atomic mass is 32.2. The zero-order chi connectivity index (χ0) is 21.2. The Balaban J connectivity index is 1.64. The van der Waals surface area contributed by atoms with Crippen LogP contribution < -0.4 is 4.90 Å². The van der Waals surface area contributed by atoms with E-state index in [0.717, 1.165) is 24.4 Å². The van der Waals surface area contributed by atoms with Crippen LogP contribution in [-0.4, -0.2) is 68.8 Å². The number of nitrogens with zero attached hydrogens (tertiary/aromatic N) is 3. The molecule has 1 aromatic rings. The van der Waals surface area contributed by atoms with E-state index in [4.69, 9.17) is 0 Å². The molecule has 0 radical (unpaired) electrons. The number of piperidine rings is 1. The van der Waals surface area contributed by atoms with Crippen molar-refractivity contribution in [1.82, 2.24) is 9.21 Å². The number of nitriles is 1. The van der Waals surface area contributed by atoms with Gasteiger partial charge in [-0.05, 0) is 37.3 Å². The Hall–Kier alpha value is -1.95. The molecule has 3 atom stereocenters. The van der Waals surface area contributed by atoms with Crippen LogP contribution in [0, 0.1) is 23.2 Å². The van der Waals surface area contributed by atoms with Gasteiger partial charge in [-0.25, -0.2) is 8.42 Å². The topological polar surface area (TPSA) is 85.9 Å². The summed E-state index contributed by atoms with van der Waals surface area (Å²) in [5.41, 5.74) is 0.166. The highest BCUT2D eigenvalue weighted by Crippen LogP contribution is 2.22. The number of hydrogen-bond acceptors (Lipinski definition) is 4. The first-order valence-corrected chi connectivity index (χ1v) is 11.8. The fraction of sp³-hybridized carbons (Fsp3) is 0.619. The van der Waals surface area contributed by atoms with Crippen LogP contribution in [0.25, 0.3) is 0 Å². The van der Waals surface area contributed by atoms with Crippen LogP contribution in [0.2, 0.25) is 0 Å². The third-order valence-corrected chi connectivity index (χ3v) is 8.11. The maximum absolute atomic E-state index is 13.0. The maximum atomic E-state index is 13.0. The maximum Gasteiger partial charge on any atom is 0.280 e. The molecule has 2 saturated heterocycles. The highest BCUT2D eigenvalue weighted by Gasteiger charge is 2.37. The Morgan fingerprint density at radius 3 is 2.34 bits per heavy atom. The normalized spacial score (nSPS) is 25.4. The molecule has 0 bridgehead atoms. The SMILES string of the molecule is C[C@H]1C[C@H](C)CN(C(=O)[C@@H](C)[NH+]2CCN(S(=O)(=O)c3ccccc3C#N)CC2)C1. The molecule has 7 nitrogen and oxygen atoms in total. The summed E-state index contributed by atoms with van der Waals surface area (Å²) in [6.07, 6.45) is 1.16. The predicted octanol–water partition coefficient (Wildman–Crippen LogP) is 0.340. The van der Waals surface area contributed by atoms with E-state index in [1.807, 2.05) is 17.9 Å². The van der Waals surface area contributed by atoms with E-state index >= 15 is 0 Å². The van der Waals surface area contributed by atoms with Crippen LogP contribution in [0.4, 0.5) is 0 Å². The number of carbonyl (C=O) groups is 1. The Morgan fingerprint density at radius 2 is 1.76 bits per heavy atom. The summed E-state index contributed by atoms with van der Waals surface area (Å²) in [4.78, 5) is 16.2. The Bertz CT molecular complexity index is 877. The molecule has 0 unspecified atom stereocenters. The molecule has 0 aromatic heterocycles. The Labute approximate surface area is 173 Å². The number of nitrogens with one attached hydrogen (secondary N) is 1. The molecular weight excluding hydrogens is 388 g/mol. The second kappa shape index (κ2) is 8.82. The van der Waals surface area contributed by atoms with Crippen LogP contribution in [0.15, 0.2) is 29.2 Å².